The van der Waals surface area contributed by atoms with E-state index in [1.807, 2.05) is 13.8 Å². The van der Waals surface area contributed by atoms with Crippen molar-refractivity contribution < 1.29 is 28.6 Å². The molecule has 122 valence electrons. The van der Waals surface area contributed by atoms with Gasteiger partial charge in [-0.05, 0) is 12.8 Å². The fourth-order valence-corrected chi connectivity index (χ4v) is 1.65. The summed E-state index contributed by atoms with van der Waals surface area (Å²) in [5.41, 5.74) is 0. The molecule has 1 atom stereocenters. The lowest BCUT2D eigenvalue weighted by Gasteiger charge is -2.14. The van der Waals surface area contributed by atoms with Gasteiger partial charge in [0.25, 0.3) is 0 Å². The van der Waals surface area contributed by atoms with E-state index in [-0.39, 0.29) is 6.42 Å². The van der Waals surface area contributed by atoms with Crippen LogP contribution >= 0.6 is 0 Å². The van der Waals surface area contributed by atoms with Crippen LogP contribution < -0.4 is 0 Å². The molecular formula is C15H26O6. The van der Waals surface area contributed by atoms with Crippen LogP contribution in [0.2, 0.25) is 0 Å². The minimum atomic E-state index is -0.622. The standard InChI is InChI=1S/C15H26O6/c1-4-6-8-12(10-13(16)20-9-7-5-2)15(18)21-11-14(17)19-3/h12H,4-11H2,1-3H3. The second kappa shape index (κ2) is 12.2. The molecule has 0 amide bonds. The molecule has 0 bridgehead atoms. The van der Waals surface area contributed by atoms with Gasteiger partial charge in [0.15, 0.2) is 6.61 Å². The summed E-state index contributed by atoms with van der Waals surface area (Å²) in [7, 11) is 1.22. The SMILES string of the molecule is CCCCOC(=O)CC(CCCC)C(=O)OCC(=O)OC. The van der Waals surface area contributed by atoms with Crippen LogP contribution in [0.15, 0.2) is 0 Å². The van der Waals surface area contributed by atoms with E-state index in [2.05, 4.69) is 4.74 Å². The highest BCUT2D eigenvalue weighted by Gasteiger charge is 2.24. The molecular weight excluding hydrogens is 276 g/mol. The van der Waals surface area contributed by atoms with Crippen molar-refractivity contribution in [2.75, 3.05) is 20.3 Å². The number of hydrogen-bond donors (Lipinski definition) is 0. The van der Waals surface area contributed by atoms with Crippen molar-refractivity contribution in [2.24, 2.45) is 5.92 Å². The monoisotopic (exact) mass is 302 g/mol. The van der Waals surface area contributed by atoms with Gasteiger partial charge >= 0.3 is 17.9 Å². The Hall–Kier alpha value is -1.59. The van der Waals surface area contributed by atoms with Crippen molar-refractivity contribution in [2.45, 2.75) is 52.4 Å². The molecule has 0 aliphatic heterocycles. The van der Waals surface area contributed by atoms with Crippen molar-refractivity contribution in [1.82, 2.24) is 0 Å². The van der Waals surface area contributed by atoms with Gasteiger partial charge in [-0.3, -0.25) is 9.59 Å². The fourth-order valence-electron chi connectivity index (χ4n) is 1.65. The first-order valence-corrected chi connectivity index (χ1v) is 7.44. The van der Waals surface area contributed by atoms with E-state index >= 15 is 0 Å². The highest BCUT2D eigenvalue weighted by molar-refractivity contribution is 5.81. The topological polar surface area (TPSA) is 78.9 Å². The van der Waals surface area contributed by atoms with Gasteiger partial charge in [-0.2, -0.15) is 0 Å². The number of ether oxygens (including phenoxy) is 3. The Morgan fingerprint density at radius 3 is 2.19 bits per heavy atom. The molecule has 0 N–H and O–H groups in total. The summed E-state index contributed by atoms with van der Waals surface area (Å²) in [6.45, 7) is 3.94. The van der Waals surface area contributed by atoms with Crippen LogP contribution in [0.4, 0.5) is 0 Å². The van der Waals surface area contributed by atoms with Crippen LogP contribution in [0.3, 0.4) is 0 Å². The molecule has 21 heavy (non-hydrogen) atoms. The molecule has 0 saturated carbocycles. The summed E-state index contributed by atoms with van der Waals surface area (Å²) in [4.78, 5) is 34.5. The predicted octanol–water partition coefficient (Wildman–Crippen LogP) is 2.24. The summed E-state index contributed by atoms with van der Waals surface area (Å²) in [6.07, 6.45) is 3.99. The van der Waals surface area contributed by atoms with E-state index < -0.39 is 30.4 Å². The molecule has 0 heterocycles. The van der Waals surface area contributed by atoms with Gasteiger partial charge in [-0.15, -0.1) is 0 Å². The van der Waals surface area contributed by atoms with Gasteiger partial charge in [0.05, 0.1) is 26.1 Å². The van der Waals surface area contributed by atoms with E-state index in [1.54, 1.807) is 0 Å². The minimum absolute atomic E-state index is 0.0102. The molecule has 0 aliphatic rings. The van der Waals surface area contributed by atoms with E-state index in [0.29, 0.717) is 13.0 Å². The Morgan fingerprint density at radius 2 is 1.62 bits per heavy atom. The quantitative estimate of drug-likeness (QED) is 0.331. The third kappa shape index (κ3) is 9.87. The number of methoxy groups -OCH3 is 1. The fraction of sp³-hybridized carbons (Fsp3) is 0.800. The molecule has 0 aromatic carbocycles. The lowest BCUT2D eigenvalue weighted by Crippen LogP contribution is -2.25. The maximum absolute atomic E-state index is 11.9. The Kier molecular flexibility index (Phi) is 11.3. The van der Waals surface area contributed by atoms with E-state index in [4.69, 9.17) is 9.47 Å². The van der Waals surface area contributed by atoms with Crippen LogP contribution in [-0.4, -0.2) is 38.2 Å². The zero-order valence-electron chi connectivity index (χ0n) is 13.2. The number of hydrogen-bond acceptors (Lipinski definition) is 6. The normalized spacial score (nSPS) is 11.6. The van der Waals surface area contributed by atoms with Crippen molar-refractivity contribution >= 4 is 17.9 Å². The lowest BCUT2D eigenvalue weighted by molar-refractivity contribution is -0.162. The molecule has 0 saturated heterocycles. The third-order valence-corrected chi connectivity index (χ3v) is 2.97. The van der Waals surface area contributed by atoms with Crippen LogP contribution in [0.1, 0.15) is 52.4 Å². The highest BCUT2D eigenvalue weighted by atomic mass is 16.6. The Morgan fingerprint density at radius 1 is 0.952 bits per heavy atom. The number of rotatable bonds is 11. The summed E-state index contributed by atoms with van der Waals surface area (Å²) in [5, 5.41) is 0. The smallest absolute Gasteiger partial charge is 0.344 e. The van der Waals surface area contributed by atoms with Crippen LogP contribution in [0.5, 0.6) is 0 Å². The third-order valence-electron chi connectivity index (χ3n) is 2.97. The molecule has 0 spiro atoms. The maximum atomic E-state index is 11.9. The van der Waals surface area contributed by atoms with Crippen LogP contribution in [0, 0.1) is 5.92 Å². The lowest BCUT2D eigenvalue weighted by atomic mass is 9.99. The average molecular weight is 302 g/mol. The molecule has 0 fully saturated rings. The van der Waals surface area contributed by atoms with E-state index in [9.17, 15) is 14.4 Å². The molecule has 0 rings (SSSR count). The Labute approximate surface area is 126 Å². The number of esters is 3. The Bertz CT molecular complexity index is 326. The van der Waals surface area contributed by atoms with Gasteiger partial charge in [-0.1, -0.05) is 33.1 Å². The highest BCUT2D eigenvalue weighted by Crippen LogP contribution is 2.16. The Balaban J connectivity index is 4.31. The summed E-state index contributed by atoms with van der Waals surface area (Å²) in [6, 6.07) is 0. The second-order valence-electron chi connectivity index (χ2n) is 4.80. The zero-order valence-corrected chi connectivity index (χ0v) is 13.2. The largest absolute Gasteiger partial charge is 0.466 e. The molecule has 6 nitrogen and oxygen atoms in total. The zero-order chi connectivity index (χ0) is 16.1. The first-order chi connectivity index (χ1) is 10.0. The van der Waals surface area contributed by atoms with Crippen LogP contribution in [0.25, 0.3) is 0 Å². The van der Waals surface area contributed by atoms with Crippen molar-refractivity contribution in [3.05, 3.63) is 0 Å². The molecule has 0 radical (unpaired) electrons. The number of unbranched alkanes of at least 4 members (excludes halogenated alkanes) is 2. The second-order valence-corrected chi connectivity index (χ2v) is 4.80. The summed E-state index contributed by atoms with van der Waals surface area (Å²) < 4.78 is 14.3. The van der Waals surface area contributed by atoms with Gasteiger partial charge in [0.1, 0.15) is 0 Å². The molecule has 0 aromatic heterocycles. The minimum Gasteiger partial charge on any atom is -0.466 e. The number of carbonyl (C=O) groups is 3. The molecule has 6 heteroatoms. The molecule has 1 unspecified atom stereocenters. The van der Waals surface area contributed by atoms with Crippen molar-refractivity contribution in [1.29, 1.82) is 0 Å². The van der Waals surface area contributed by atoms with Gasteiger partial charge < -0.3 is 14.2 Å². The van der Waals surface area contributed by atoms with Gasteiger partial charge in [0, 0.05) is 0 Å². The predicted molar refractivity (Wildman–Crippen MR) is 76.5 cm³/mol. The average Bonchev–Trinajstić information content (AvgIpc) is 2.48. The van der Waals surface area contributed by atoms with Crippen molar-refractivity contribution in [3.8, 4) is 0 Å². The number of carbonyl (C=O) groups excluding carboxylic acids is 3. The molecule has 0 aliphatic carbocycles. The molecule has 0 aromatic rings. The van der Waals surface area contributed by atoms with Gasteiger partial charge in [-0.25, -0.2) is 4.79 Å². The van der Waals surface area contributed by atoms with E-state index in [0.717, 1.165) is 25.7 Å². The summed E-state index contributed by atoms with van der Waals surface area (Å²) in [5.74, 6) is -2.15. The van der Waals surface area contributed by atoms with Gasteiger partial charge in [0.2, 0.25) is 0 Å². The van der Waals surface area contributed by atoms with Crippen molar-refractivity contribution in [3.63, 3.8) is 0 Å². The summed E-state index contributed by atoms with van der Waals surface area (Å²) >= 11 is 0. The maximum Gasteiger partial charge on any atom is 0.344 e. The first kappa shape index (κ1) is 19.4. The van der Waals surface area contributed by atoms with E-state index in [1.165, 1.54) is 7.11 Å². The first-order valence-electron chi connectivity index (χ1n) is 7.44. The van der Waals surface area contributed by atoms with Crippen LogP contribution in [-0.2, 0) is 28.6 Å².